The number of ether oxygens (including phenoxy) is 2. The van der Waals surface area contributed by atoms with Crippen molar-refractivity contribution in [3.05, 3.63) is 38.0 Å². The molecule has 0 aliphatic rings. The average molecular weight is 452 g/mol. The largest absolute Gasteiger partial charge is 0.462 e. The third-order valence-electron chi connectivity index (χ3n) is 4.35. The van der Waals surface area contributed by atoms with Crippen LogP contribution in [0.4, 0.5) is 10.7 Å². The summed E-state index contributed by atoms with van der Waals surface area (Å²) in [5.41, 5.74) is 0.382. The zero-order valence-electron chi connectivity index (χ0n) is 17.9. The van der Waals surface area contributed by atoms with E-state index in [0.29, 0.717) is 12.0 Å². The number of esters is 2. The van der Waals surface area contributed by atoms with Gasteiger partial charge in [0, 0.05) is 0 Å². The molecule has 31 heavy (non-hydrogen) atoms. The Labute approximate surface area is 182 Å². The number of nitrogens with one attached hydrogen (secondary N) is 1. The maximum Gasteiger partial charge on any atom is 0.348 e. The van der Waals surface area contributed by atoms with Gasteiger partial charge < -0.3 is 14.8 Å². The molecule has 0 bridgehead atoms. The Hall–Kier alpha value is -3.28. The molecule has 0 aliphatic carbocycles. The summed E-state index contributed by atoms with van der Waals surface area (Å²) in [7, 11) is 0. The smallest absolute Gasteiger partial charge is 0.348 e. The molecule has 2 aromatic rings. The minimum atomic E-state index is -0.916. The Bertz CT molecular complexity index is 1010. The first-order valence-electron chi connectivity index (χ1n) is 9.60. The molecule has 0 fully saturated rings. The van der Waals surface area contributed by atoms with E-state index in [2.05, 4.69) is 10.4 Å². The number of nitrogens with zero attached hydrogens (tertiary/aromatic N) is 3. The van der Waals surface area contributed by atoms with Crippen LogP contribution in [-0.4, -0.2) is 45.8 Å². The van der Waals surface area contributed by atoms with Crippen LogP contribution in [0.3, 0.4) is 0 Å². The molecule has 2 rings (SSSR count). The van der Waals surface area contributed by atoms with Gasteiger partial charge in [-0.2, -0.15) is 5.10 Å². The van der Waals surface area contributed by atoms with Gasteiger partial charge in [-0.15, -0.1) is 11.3 Å². The number of amides is 1. The number of rotatable bonds is 9. The number of carbonyl (C=O) groups is 3. The van der Waals surface area contributed by atoms with Crippen LogP contribution in [0.1, 0.15) is 64.5 Å². The Morgan fingerprint density at radius 3 is 2.48 bits per heavy atom. The maximum absolute atomic E-state index is 12.8. The minimum Gasteiger partial charge on any atom is -0.462 e. The van der Waals surface area contributed by atoms with Gasteiger partial charge in [-0.3, -0.25) is 19.6 Å². The third-order valence-corrected chi connectivity index (χ3v) is 5.54. The van der Waals surface area contributed by atoms with E-state index in [1.54, 1.807) is 13.8 Å². The highest BCUT2D eigenvalue weighted by Crippen LogP contribution is 2.35. The second-order valence-electron chi connectivity index (χ2n) is 6.62. The van der Waals surface area contributed by atoms with Gasteiger partial charge in [0.2, 0.25) is 5.91 Å². The zero-order valence-corrected chi connectivity index (χ0v) is 18.7. The maximum atomic E-state index is 12.8. The molecule has 0 saturated heterocycles. The second-order valence-corrected chi connectivity index (χ2v) is 7.64. The first-order chi connectivity index (χ1) is 14.6. The van der Waals surface area contributed by atoms with E-state index >= 15 is 0 Å². The van der Waals surface area contributed by atoms with Crippen molar-refractivity contribution in [1.82, 2.24) is 9.78 Å². The molecule has 0 radical (unpaired) electrons. The predicted octanol–water partition coefficient (Wildman–Crippen LogP) is 3.41. The molecule has 1 unspecified atom stereocenters. The first kappa shape index (κ1) is 24.0. The van der Waals surface area contributed by atoms with E-state index < -0.39 is 28.8 Å². The number of hydrogen-bond donors (Lipinski definition) is 1. The van der Waals surface area contributed by atoms with Crippen LogP contribution < -0.4 is 5.32 Å². The Morgan fingerprint density at radius 2 is 1.94 bits per heavy atom. The Kier molecular flexibility index (Phi) is 7.86. The molecule has 11 nitrogen and oxygen atoms in total. The molecule has 168 valence electrons. The van der Waals surface area contributed by atoms with Crippen LogP contribution >= 0.6 is 11.3 Å². The monoisotopic (exact) mass is 452 g/mol. The lowest BCUT2D eigenvalue weighted by Crippen LogP contribution is -2.24. The average Bonchev–Trinajstić information content (AvgIpc) is 3.25. The van der Waals surface area contributed by atoms with Gasteiger partial charge in [0.15, 0.2) is 0 Å². The number of carbonyl (C=O) groups excluding carboxylic acids is 3. The Morgan fingerprint density at radius 1 is 1.26 bits per heavy atom. The van der Waals surface area contributed by atoms with Crippen molar-refractivity contribution >= 4 is 39.9 Å². The van der Waals surface area contributed by atoms with Crippen molar-refractivity contribution in [3.63, 3.8) is 0 Å². The summed E-state index contributed by atoms with van der Waals surface area (Å²) in [4.78, 5) is 48.3. The van der Waals surface area contributed by atoms with Gasteiger partial charge in [0.05, 0.1) is 23.7 Å². The first-order valence-corrected chi connectivity index (χ1v) is 10.4. The highest BCUT2D eigenvalue weighted by molar-refractivity contribution is 7.18. The summed E-state index contributed by atoms with van der Waals surface area (Å²) in [5.74, 6) is -1.85. The van der Waals surface area contributed by atoms with E-state index in [4.69, 9.17) is 9.47 Å². The second kappa shape index (κ2) is 10.2. The highest BCUT2D eigenvalue weighted by Gasteiger charge is 2.29. The van der Waals surface area contributed by atoms with E-state index in [1.165, 1.54) is 24.7 Å². The van der Waals surface area contributed by atoms with Crippen LogP contribution in [0, 0.1) is 24.0 Å². The van der Waals surface area contributed by atoms with Gasteiger partial charge >= 0.3 is 17.6 Å². The lowest BCUT2D eigenvalue weighted by molar-refractivity contribution is -0.385. The standard InChI is InChI=1S/C19H24N4O7S/c1-6-8-30-18(25)14-10(3)15(19(26)29-7-2)31-17(14)20-16(24)12(5)22-9-13(23(27)28)11(4)21-22/h9,12H,6-8H2,1-5H3,(H,20,24). The molecule has 12 heteroatoms. The summed E-state index contributed by atoms with van der Waals surface area (Å²) in [6.07, 6.45) is 1.77. The molecular formula is C19H24N4O7S. The van der Waals surface area contributed by atoms with Crippen molar-refractivity contribution in [2.24, 2.45) is 0 Å². The van der Waals surface area contributed by atoms with Crippen molar-refractivity contribution in [2.45, 2.75) is 47.1 Å². The van der Waals surface area contributed by atoms with Crippen molar-refractivity contribution in [1.29, 1.82) is 0 Å². The number of aryl methyl sites for hydroxylation is 1. The fraction of sp³-hybridized carbons (Fsp3) is 0.474. The van der Waals surface area contributed by atoms with Gasteiger partial charge in [-0.1, -0.05) is 6.92 Å². The minimum absolute atomic E-state index is 0.0738. The Balaban J connectivity index is 2.37. The van der Waals surface area contributed by atoms with E-state index in [1.807, 2.05) is 6.92 Å². The molecular weight excluding hydrogens is 428 g/mol. The van der Waals surface area contributed by atoms with Crippen LogP contribution in [0.15, 0.2) is 6.20 Å². The predicted molar refractivity (Wildman–Crippen MR) is 113 cm³/mol. The molecule has 0 saturated carbocycles. The lowest BCUT2D eigenvalue weighted by atomic mass is 10.1. The molecule has 2 heterocycles. The van der Waals surface area contributed by atoms with Crippen molar-refractivity contribution in [2.75, 3.05) is 18.5 Å². The van der Waals surface area contributed by atoms with Gasteiger partial charge in [0.25, 0.3) is 0 Å². The molecule has 1 N–H and O–H groups in total. The number of hydrogen-bond acceptors (Lipinski definition) is 9. The van der Waals surface area contributed by atoms with Crippen molar-refractivity contribution in [3.8, 4) is 0 Å². The molecule has 2 aromatic heterocycles. The van der Waals surface area contributed by atoms with Crippen LogP contribution in [-0.2, 0) is 14.3 Å². The molecule has 0 aromatic carbocycles. The summed E-state index contributed by atoms with van der Waals surface area (Å²) >= 11 is 0.905. The van der Waals surface area contributed by atoms with Crippen molar-refractivity contribution < 1.29 is 28.8 Å². The molecule has 1 amide bonds. The van der Waals surface area contributed by atoms with Crippen LogP contribution in [0.2, 0.25) is 0 Å². The summed E-state index contributed by atoms with van der Waals surface area (Å²) in [6.45, 7) is 8.39. The topological polar surface area (TPSA) is 143 Å². The fourth-order valence-electron chi connectivity index (χ4n) is 2.69. The highest BCUT2D eigenvalue weighted by atomic mass is 32.1. The summed E-state index contributed by atoms with van der Waals surface area (Å²) in [6, 6.07) is -0.916. The SMILES string of the molecule is CCCOC(=O)c1c(NC(=O)C(C)n2cc([N+](=O)[O-])c(C)n2)sc(C(=O)OCC)c1C. The summed E-state index contributed by atoms with van der Waals surface area (Å²) < 4.78 is 11.4. The number of thiophene rings is 1. The van der Waals surface area contributed by atoms with E-state index in [-0.39, 0.29) is 40.0 Å². The summed E-state index contributed by atoms with van der Waals surface area (Å²) in [5, 5.41) is 17.8. The molecule has 0 aliphatic heterocycles. The quantitative estimate of drug-likeness (QED) is 0.346. The van der Waals surface area contributed by atoms with Gasteiger partial charge in [0.1, 0.15) is 27.8 Å². The lowest BCUT2D eigenvalue weighted by Gasteiger charge is -2.12. The van der Waals surface area contributed by atoms with Crippen LogP contribution in [0.5, 0.6) is 0 Å². The number of anilines is 1. The van der Waals surface area contributed by atoms with Gasteiger partial charge in [-0.25, -0.2) is 9.59 Å². The fourth-order valence-corrected chi connectivity index (χ4v) is 3.78. The van der Waals surface area contributed by atoms with E-state index in [0.717, 1.165) is 11.3 Å². The normalized spacial score (nSPS) is 11.6. The number of nitro groups is 1. The zero-order chi connectivity index (χ0) is 23.3. The van der Waals surface area contributed by atoms with E-state index in [9.17, 15) is 24.5 Å². The number of aromatic nitrogens is 2. The van der Waals surface area contributed by atoms with Gasteiger partial charge in [-0.05, 0) is 39.7 Å². The third kappa shape index (κ3) is 5.26. The molecule has 1 atom stereocenters. The molecule has 0 spiro atoms. The van der Waals surface area contributed by atoms with Crippen LogP contribution in [0.25, 0.3) is 0 Å².